The first kappa shape index (κ1) is 30.1. The molecule has 0 N–H and O–H groups in total. The molecule has 0 amide bonds. The number of nitrogens with zero attached hydrogens (tertiary/aromatic N) is 3. The van der Waals surface area contributed by atoms with Gasteiger partial charge >= 0.3 is 0 Å². The monoisotopic (exact) mass is 539 g/mol. The van der Waals surface area contributed by atoms with Crippen LogP contribution in [0.15, 0.2) is 78.4 Å². The van der Waals surface area contributed by atoms with Crippen LogP contribution < -0.4 is 0 Å². The van der Waals surface area contributed by atoms with E-state index in [9.17, 15) is 5.53 Å². The van der Waals surface area contributed by atoms with Crippen molar-refractivity contribution in [1.29, 1.82) is 0 Å². The second-order valence-corrected chi connectivity index (χ2v) is 15.7. The van der Waals surface area contributed by atoms with E-state index in [1.807, 2.05) is 60.7 Å². The molecule has 5 atom stereocenters. The van der Waals surface area contributed by atoms with Crippen LogP contribution in [0.5, 0.6) is 0 Å². The van der Waals surface area contributed by atoms with Crippen molar-refractivity contribution < 1.29 is 23.4 Å². The molecule has 0 saturated carbocycles. The summed E-state index contributed by atoms with van der Waals surface area (Å²) < 4.78 is 31.9. The summed E-state index contributed by atoms with van der Waals surface area (Å²) in [5.74, 6) is 0. The normalized spacial score (nSPS) is 24.0. The lowest BCUT2D eigenvalue weighted by Gasteiger charge is -2.48. The molecule has 0 unspecified atom stereocenters. The molecule has 1 fully saturated rings. The summed E-state index contributed by atoms with van der Waals surface area (Å²) in [6.07, 6.45) is -0.834. The fourth-order valence-corrected chi connectivity index (χ4v) is 5.11. The van der Waals surface area contributed by atoms with E-state index in [1.165, 1.54) is 0 Å². The molecular weight excluding hydrogens is 498 g/mol. The van der Waals surface area contributed by atoms with E-state index in [0.29, 0.717) is 13.2 Å². The van der Waals surface area contributed by atoms with Gasteiger partial charge in [-0.2, -0.15) is 0 Å². The average molecular weight is 540 g/mol. The smallest absolute Gasteiger partial charge is 0.195 e. The third kappa shape index (κ3) is 8.25. The van der Waals surface area contributed by atoms with Gasteiger partial charge in [0.2, 0.25) is 0 Å². The van der Waals surface area contributed by atoms with Gasteiger partial charge < -0.3 is 23.4 Å². The third-order valence-electron chi connectivity index (χ3n) is 7.10. The number of hydrogen-bond acceptors (Lipinski definition) is 6. The summed E-state index contributed by atoms with van der Waals surface area (Å²) in [4.78, 5) is 3.14. The molecule has 0 aromatic heterocycles. The molecule has 38 heavy (non-hydrogen) atoms. The molecular formula is C29H41N3O5Si. The van der Waals surface area contributed by atoms with Gasteiger partial charge in [0, 0.05) is 4.91 Å². The molecule has 206 valence electrons. The predicted octanol–water partition coefficient (Wildman–Crippen LogP) is 6.79. The van der Waals surface area contributed by atoms with Crippen LogP contribution in [-0.2, 0) is 36.6 Å². The van der Waals surface area contributed by atoms with Crippen LogP contribution in [0.2, 0.25) is 18.1 Å². The minimum Gasteiger partial charge on any atom is -0.392 e. The first-order valence-corrected chi connectivity index (χ1v) is 15.9. The molecule has 1 aliphatic rings. The van der Waals surface area contributed by atoms with Crippen LogP contribution in [0.3, 0.4) is 0 Å². The van der Waals surface area contributed by atoms with E-state index in [4.69, 9.17) is 23.4 Å². The Hall–Kier alpha value is -2.49. The molecule has 2 aromatic rings. The summed E-state index contributed by atoms with van der Waals surface area (Å²) in [5, 5.41) is 4.05. The highest BCUT2D eigenvalue weighted by Crippen LogP contribution is 2.40. The zero-order chi connectivity index (χ0) is 27.6. The largest absolute Gasteiger partial charge is 0.392 e. The standard InChI is InChI=1S/C29H41N3O5Si/c1-7-18-34-26-24(21-33-19-22-14-10-8-11-15-22)36-28(37-38(5,6)29(2,3)4)25(31-32-30)27(26)35-20-23-16-12-9-13-17-23/h7-17,24-28H,1,18-21H2,2-6H3/t24-,25-,26-,27-,28+/m1/s1. The molecule has 1 aliphatic heterocycles. The number of ether oxygens (including phenoxy) is 4. The minimum absolute atomic E-state index is 0.0762. The van der Waals surface area contributed by atoms with Gasteiger partial charge in [0.25, 0.3) is 0 Å². The highest BCUT2D eigenvalue weighted by atomic mass is 28.4. The lowest BCUT2D eigenvalue weighted by atomic mass is 9.97. The Labute approximate surface area is 227 Å². The van der Waals surface area contributed by atoms with Crippen LogP contribution in [0.1, 0.15) is 31.9 Å². The lowest BCUT2D eigenvalue weighted by Crippen LogP contribution is -2.62. The molecule has 8 nitrogen and oxygen atoms in total. The Balaban J connectivity index is 1.91. The Kier molecular flexibility index (Phi) is 11.1. The zero-order valence-corrected chi connectivity index (χ0v) is 24.2. The molecule has 0 spiro atoms. The van der Waals surface area contributed by atoms with E-state index < -0.39 is 39.0 Å². The Morgan fingerprint density at radius 3 is 2.13 bits per heavy atom. The molecule has 3 rings (SSSR count). The van der Waals surface area contributed by atoms with E-state index in [2.05, 4.69) is 50.5 Å². The molecule has 9 heteroatoms. The fourth-order valence-electron chi connectivity index (χ4n) is 3.98. The average Bonchev–Trinajstić information content (AvgIpc) is 2.89. The topological polar surface area (TPSA) is 94.9 Å². The minimum atomic E-state index is -2.30. The Morgan fingerprint density at radius 1 is 0.974 bits per heavy atom. The van der Waals surface area contributed by atoms with Crippen molar-refractivity contribution in [1.82, 2.24) is 0 Å². The van der Waals surface area contributed by atoms with Crippen LogP contribution in [0, 0.1) is 0 Å². The maximum Gasteiger partial charge on any atom is 0.195 e. The highest BCUT2D eigenvalue weighted by Gasteiger charge is 2.51. The zero-order valence-electron chi connectivity index (χ0n) is 23.2. The van der Waals surface area contributed by atoms with Crippen molar-refractivity contribution in [2.45, 2.75) is 82.8 Å². The van der Waals surface area contributed by atoms with Crippen LogP contribution >= 0.6 is 0 Å². The highest BCUT2D eigenvalue weighted by molar-refractivity contribution is 6.74. The second-order valence-electron chi connectivity index (χ2n) is 11.0. The number of benzene rings is 2. The summed E-state index contributed by atoms with van der Waals surface area (Å²) in [5.41, 5.74) is 11.6. The number of azide groups is 1. The molecule has 0 bridgehead atoms. The van der Waals surface area contributed by atoms with Gasteiger partial charge in [-0.1, -0.05) is 92.6 Å². The summed E-state index contributed by atoms with van der Waals surface area (Å²) in [6, 6.07) is 19.1. The first-order chi connectivity index (χ1) is 18.2. The van der Waals surface area contributed by atoms with Gasteiger partial charge in [-0.05, 0) is 34.8 Å². The predicted molar refractivity (Wildman–Crippen MR) is 151 cm³/mol. The number of rotatable bonds is 13. The fraction of sp³-hybridized carbons (Fsp3) is 0.517. The quantitative estimate of drug-likeness (QED) is 0.0919. The SMILES string of the molecule is C=CCO[C@H]1[C@H](OCc2ccccc2)[C@@H](N=[N+]=[N-])[C@H](O[Si](C)(C)C(C)(C)C)O[C@@H]1COCc1ccccc1. The van der Waals surface area contributed by atoms with E-state index in [0.717, 1.165) is 11.1 Å². The van der Waals surface area contributed by atoms with Gasteiger partial charge in [-0.25, -0.2) is 0 Å². The van der Waals surface area contributed by atoms with Crippen molar-refractivity contribution in [3.63, 3.8) is 0 Å². The summed E-state index contributed by atoms with van der Waals surface area (Å²) in [7, 11) is -2.30. The summed E-state index contributed by atoms with van der Waals surface area (Å²) >= 11 is 0. The second kappa shape index (κ2) is 14.1. The summed E-state index contributed by atoms with van der Waals surface area (Å²) in [6.45, 7) is 15.8. The van der Waals surface area contributed by atoms with Crippen LogP contribution in [-0.4, -0.2) is 52.2 Å². The maximum atomic E-state index is 9.51. The van der Waals surface area contributed by atoms with Gasteiger partial charge in [0.15, 0.2) is 14.6 Å². The van der Waals surface area contributed by atoms with Gasteiger partial charge in [-0.3, -0.25) is 0 Å². The molecule has 0 aliphatic carbocycles. The van der Waals surface area contributed by atoms with E-state index >= 15 is 0 Å². The van der Waals surface area contributed by atoms with Crippen LogP contribution in [0.25, 0.3) is 10.4 Å². The molecule has 0 radical (unpaired) electrons. The van der Waals surface area contributed by atoms with Crippen molar-refractivity contribution in [3.05, 3.63) is 94.9 Å². The van der Waals surface area contributed by atoms with Crippen LogP contribution in [0.4, 0.5) is 0 Å². The lowest BCUT2D eigenvalue weighted by molar-refractivity contribution is -0.264. The van der Waals surface area contributed by atoms with Gasteiger partial charge in [0.05, 0.1) is 26.4 Å². The molecule has 1 heterocycles. The first-order valence-electron chi connectivity index (χ1n) is 13.0. The molecule has 2 aromatic carbocycles. The van der Waals surface area contributed by atoms with Crippen molar-refractivity contribution in [2.75, 3.05) is 13.2 Å². The van der Waals surface area contributed by atoms with E-state index in [1.54, 1.807) is 6.08 Å². The Morgan fingerprint density at radius 2 is 1.58 bits per heavy atom. The van der Waals surface area contributed by atoms with Crippen molar-refractivity contribution >= 4 is 8.32 Å². The van der Waals surface area contributed by atoms with Gasteiger partial charge in [0.1, 0.15) is 24.4 Å². The maximum absolute atomic E-state index is 9.51. The van der Waals surface area contributed by atoms with Crippen molar-refractivity contribution in [2.24, 2.45) is 5.11 Å². The van der Waals surface area contributed by atoms with E-state index in [-0.39, 0.29) is 18.3 Å². The van der Waals surface area contributed by atoms with Gasteiger partial charge in [-0.15, -0.1) is 6.58 Å². The Bertz CT molecular complexity index is 1040. The van der Waals surface area contributed by atoms with Crippen molar-refractivity contribution in [3.8, 4) is 0 Å². The third-order valence-corrected chi connectivity index (χ3v) is 11.5. The number of hydrogen-bond donors (Lipinski definition) is 0. The molecule has 1 saturated heterocycles.